The molecule has 2 heteroatoms. The minimum Gasteiger partial charge on any atom is -0.455 e. The molecule has 0 N–H and O–H groups in total. The van der Waals surface area contributed by atoms with Crippen LogP contribution < -0.4 is 0 Å². The van der Waals surface area contributed by atoms with E-state index in [1.54, 1.807) is 0 Å². The smallest absolute Gasteiger partial charge is 0.144 e. The first kappa shape index (κ1) is 20.5. The molecule has 5 aromatic rings. The second kappa shape index (κ2) is 8.27. The Bertz CT molecular complexity index is 1400. The van der Waals surface area contributed by atoms with Crippen molar-refractivity contribution in [1.29, 1.82) is 0 Å². The van der Waals surface area contributed by atoms with E-state index in [-0.39, 0.29) is 0 Å². The Kier molecular flexibility index (Phi) is 5.30. The van der Waals surface area contributed by atoms with E-state index in [9.17, 15) is 0 Å². The van der Waals surface area contributed by atoms with Crippen molar-refractivity contribution in [2.75, 3.05) is 0 Å². The number of para-hydroxylation sites is 1. The summed E-state index contributed by atoms with van der Waals surface area (Å²) in [6, 6.07) is 25.9. The van der Waals surface area contributed by atoms with Crippen molar-refractivity contribution in [3.05, 3.63) is 101 Å². The Morgan fingerprint density at radius 3 is 2.41 bits per heavy atom. The van der Waals surface area contributed by atoms with Gasteiger partial charge in [-0.25, -0.2) is 0 Å². The van der Waals surface area contributed by atoms with Crippen molar-refractivity contribution in [3.63, 3.8) is 0 Å². The standard InChI is InChI=1S/C30H29NO/c1-19(2)15-24-16-28(31-18-20(24)3)27-12-8-11-26-25-14-13-23(17-29(25)32-30(26)27)21(4)22-9-6-5-7-10-22/h5-14,16-19,21H,15H2,1-4H3. The van der Waals surface area contributed by atoms with Crippen LogP contribution in [0, 0.1) is 12.8 Å². The minimum absolute atomic E-state index is 0.311. The molecule has 0 fully saturated rings. The topological polar surface area (TPSA) is 26.0 Å². The lowest BCUT2D eigenvalue weighted by atomic mass is 9.92. The molecule has 32 heavy (non-hydrogen) atoms. The van der Waals surface area contributed by atoms with Crippen molar-refractivity contribution in [1.82, 2.24) is 4.98 Å². The lowest BCUT2D eigenvalue weighted by Crippen LogP contribution is -1.99. The van der Waals surface area contributed by atoms with Gasteiger partial charge in [-0.05, 0) is 59.7 Å². The molecule has 1 unspecified atom stereocenters. The van der Waals surface area contributed by atoms with Crippen molar-refractivity contribution in [2.24, 2.45) is 5.92 Å². The van der Waals surface area contributed by atoms with E-state index in [1.807, 2.05) is 6.20 Å². The second-order valence-corrected chi connectivity index (χ2v) is 9.27. The molecule has 0 saturated heterocycles. The van der Waals surface area contributed by atoms with Gasteiger partial charge in [-0.2, -0.15) is 0 Å². The van der Waals surface area contributed by atoms with Crippen LogP contribution in [-0.4, -0.2) is 4.98 Å². The number of furan rings is 1. The Labute approximate surface area is 189 Å². The molecule has 5 rings (SSSR count). The van der Waals surface area contributed by atoms with Crippen molar-refractivity contribution >= 4 is 21.9 Å². The van der Waals surface area contributed by atoms with Crippen LogP contribution in [0.4, 0.5) is 0 Å². The van der Waals surface area contributed by atoms with Gasteiger partial charge < -0.3 is 4.42 Å². The molecule has 0 saturated carbocycles. The van der Waals surface area contributed by atoms with Crippen LogP contribution in [0.3, 0.4) is 0 Å². The van der Waals surface area contributed by atoms with E-state index in [0.717, 1.165) is 39.6 Å². The summed E-state index contributed by atoms with van der Waals surface area (Å²) in [5.41, 5.74) is 9.06. The molecule has 0 aliphatic rings. The van der Waals surface area contributed by atoms with E-state index >= 15 is 0 Å². The molecule has 0 bridgehead atoms. The maximum Gasteiger partial charge on any atom is 0.144 e. The normalized spacial score (nSPS) is 12.7. The summed E-state index contributed by atoms with van der Waals surface area (Å²) in [6.45, 7) is 8.91. The maximum atomic E-state index is 6.48. The SMILES string of the molecule is Cc1cnc(-c2cccc3c2oc2cc(C(C)c4ccccc4)ccc23)cc1CC(C)C. The van der Waals surface area contributed by atoms with Crippen LogP contribution in [-0.2, 0) is 6.42 Å². The molecule has 0 spiro atoms. The summed E-state index contributed by atoms with van der Waals surface area (Å²) >= 11 is 0. The average molecular weight is 420 g/mol. The highest BCUT2D eigenvalue weighted by Gasteiger charge is 2.16. The summed E-state index contributed by atoms with van der Waals surface area (Å²) in [6.07, 6.45) is 3.05. The van der Waals surface area contributed by atoms with Gasteiger partial charge in [-0.1, -0.05) is 75.4 Å². The van der Waals surface area contributed by atoms with Gasteiger partial charge in [0.25, 0.3) is 0 Å². The molecule has 0 radical (unpaired) electrons. The number of rotatable bonds is 5. The summed E-state index contributed by atoms with van der Waals surface area (Å²) < 4.78 is 6.48. The number of pyridine rings is 1. The van der Waals surface area contributed by atoms with Gasteiger partial charge in [0, 0.05) is 28.5 Å². The van der Waals surface area contributed by atoms with E-state index in [2.05, 4.69) is 100 Å². The molecular formula is C30H29NO. The second-order valence-electron chi connectivity index (χ2n) is 9.27. The summed E-state index contributed by atoms with van der Waals surface area (Å²) in [4.78, 5) is 4.76. The lowest BCUT2D eigenvalue weighted by Gasteiger charge is -2.12. The Hall–Kier alpha value is -3.39. The molecule has 0 aliphatic carbocycles. The zero-order valence-electron chi connectivity index (χ0n) is 19.2. The molecule has 2 aromatic heterocycles. The number of fused-ring (bicyclic) bond motifs is 3. The van der Waals surface area contributed by atoms with Gasteiger partial charge in [-0.15, -0.1) is 0 Å². The fourth-order valence-corrected chi connectivity index (χ4v) is 4.59. The molecule has 160 valence electrons. The van der Waals surface area contributed by atoms with Gasteiger partial charge >= 0.3 is 0 Å². The fourth-order valence-electron chi connectivity index (χ4n) is 4.59. The van der Waals surface area contributed by atoms with Gasteiger partial charge in [0.15, 0.2) is 0 Å². The summed E-state index contributed by atoms with van der Waals surface area (Å²) in [5, 5.41) is 2.30. The molecule has 2 nitrogen and oxygen atoms in total. The van der Waals surface area contributed by atoms with Crippen LogP contribution in [0.25, 0.3) is 33.2 Å². The largest absolute Gasteiger partial charge is 0.455 e. The Morgan fingerprint density at radius 2 is 1.62 bits per heavy atom. The first-order valence-corrected chi connectivity index (χ1v) is 11.5. The predicted octanol–water partition coefficient (Wildman–Crippen LogP) is 8.31. The highest BCUT2D eigenvalue weighted by atomic mass is 16.3. The van der Waals surface area contributed by atoms with Gasteiger partial charge in [0.05, 0.1) is 5.69 Å². The van der Waals surface area contributed by atoms with Crippen molar-refractivity contribution < 1.29 is 4.42 Å². The van der Waals surface area contributed by atoms with Crippen molar-refractivity contribution in [2.45, 2.75) is 40.0 Å². The zero-order chi connectivity index (χ0) is 22.2. The third-order valence-corrected chi connectivity index (χ3v) is 6.44. The lowest BCUT2D eigenvalue weighted by molar-refractivity contribution is 0.644. The Balaban J connectivity index is 1.62. The van der Waals surface area contributed by atoms with E-state index in [0.29, 0.717) is 11.8 Å². The van der Waals surface area contributed by atoms with Gasteiger partial charge in [0.2, 0.25) is 0 Å². The van der Waals surface area contributed by atoms with E-state index in [4.69, 9.17) is 9.40 Å². The summed E-state index contributed by atoms with van der Waals surface area (Å²) in [5.74, 6) is 0.918. The van der Waals surface area contributed by atoms with Gasteiger partial charge in [-0.3, -0.25) is 4.98 Å². The quantitative estimate of drug-likeness (QED) is 0.286. The molecule has 0 aliphatic heterocycles. The monoisotopic (exact) mass is 419 g/mol. The van der Waals surface area contributed by atoms with E-state index < -0.39 is 0 Å². The number of hydrogen-bond acceptors (Lipinski definition) is 2. The van der Waals surface area contributed by atoms with Gasteiger partial charge in [0.1, 0.15) is 11.2 Å². The molecule has 1 atom stereocenters. The average Bonchev–Trinajstić information content (AvgIpc) is 3.18. The number of aryl methyl sites for hydroxylation is 1. The summed E-state index contributed by atoms with van der Waals surface area (Å²) in [7, 11) is 0. The Morgan fingerprint density at radius 1 is 0.812 bits per heavy atom. The number of aromatic nitrogens is 1. The van der Waals surface area contributed by atoms with Crippen LogP contribution in [0.1, 0.15) is 48.9 Å². The highest BCUT2D eigenvalue weighted by molar-refractivity contribution is 6.09. The van der Waals surface area contributed by atoms with Crippen LogP contribution in [0.5, 0.6) is 0 Å². The predicted molar refractivity (Wildman–Crippen MR) is 134 cm³/mol. The van der Waals surface area contributed by atoms with E-state index in [1.165, 1.54) is 22.3 Å². The van der Waals surface area contributed by atoms with Crippen LogP contribution in [0.15, 0.2) is 83.4 Å². The molecular weight excluding hydrogens is 390 g/mol. The number of nitrogens with zero attached hydrogens (tertiary/aromatic N) is 1. The first-order chi connectivity index (χ1) is 15.5. The molecule has 0 amide bonds. The third kappa shape index (κ3) is 3.71. The molecule has 3 aromatic carbocycles. The minimum atomic E-state index is 0.311. The van der Waals surface area contributed by atoms with Crippen molar-refractivity contribution in [3.8, 4) is 11.3 Å². The molecule has 2 heterocycles. The number of hydrogen-bond donors (Lipinski definition) is 0. The third-order valence-electron chi connectivity index (χ3n) is 6.44. The first-order valence-electron chi connectivity index (χ1n) is 11.5. The zero-order valence-corrected chi connectivity index (χ0v) is 19.2. The highest BCUT2D eigenvalue weighted by Crippen LogP contribution is 2.37. The number of benzene rings is 3. The van der Waals surface area contributed by atoms with Crippen LogP contribution in [0.2, 0.25) is 0 Å². The fraction of sp³-hybridized carbons (Fsp3) is 0.233. The maximum absolute atomic E-state index is 6.48. The van der Waals surface area contributed by atoms with Crippen LogP contribution >= 0.6 is 0 Å².